The van der Waals surface area contributed by atoms with Crippen LogP contribution in [0.2, 0.25) is 0 Å². The number of nitrogens with zero attached hydrogens (tertiary/aromatic N) is 3. The minimum Gasteiger partial charge on any atom is -0.324 e. The summed E-state index contributed by atoms with van der Waals surface area (Å²) in [6.45, 7) is 6.00. The molecule has 84 valence electrons. The van der Waals surface area contributed by atoms with Crippen LogP contribution in [0.15, 0.2) is 24.5 Å². The van der Waals surface area contributed by atoms with Gasteiger partial charge in [0.1, 0.15) is 0 Å². The second kappa shape index (κ2) is 4.06. The van der Waals surface area contributed by atoms with Crippen LogP contribution in [0, 0.1) is 13.8 Å². The fourth-order valence-electron chi connectivity index (χ4n) is 1.74. The number of rotatable bonds is 2. The quantitative estimate of drug-likeness (QED) is 0.834. The highest BCUT2D eigenvalue weighted by molar-refractivity contribution is 5.31. The van der Waals surface area contributed by atoms with E-state index in [1.165, 1.54) is 5.56 Å². The molecule has 0 saturated carbocycles. The van der Waals surface area contributed by atoms with Crippen LogP contribution in [-0.2, 0) is 0 Å². The molecule has 0 radical (unpaired) electrons. The van der Waals surface area contributed by atoms with Gasteiger partial charge in [-0.3, -0.25) is 0 Å². The normalized spacial score (nSPS) is 12.8. The Morgan fingerprint density at radius 2 is 2.12 bits per heavy atom. The van der Waals surface area contributed by atoms with Crippen LogP contribution >= 0.6 is 0 Å². The van der Waals surface area contributed by atoms with Crippen molar-refractivity contribution in [3.8, 4) is 5.82 Å². The number of hydrogen-bond acceptors (Lipinski definition) is 3. The Morgan fingerprint density at radius 3 is 2.69 bits per heavy atom. The van der Waals surface area contributed by atoms with E-state index in [0.717, 1.165) is 17.1 Å². The molecule has 16 heavy (non-hydrogen) atoms. The van der Waals surface area contributed by atoms with E-state index in [0.29, 0.717) is 0 Å². The Kier molecular flexibility index (Phi) is 2.75. The van der Waals surface area contributed by atoms with Gasteiger partial charge in [-0.25, -0.2) is 9.67 Å². The van der Waals surface area contributed by atoms with Gasteiger partial charge in [0, 0.05) is 23.5 Å². The van der Waals surface area contributed by atoms with E-state index >= 15 is 0 Å². The van der Waals surface area contributed by atoms with E-state index in [9.17, 15) is 0 Å². The largest absolute Gasteiger partial charge is 0.324 e. The summed E-state index contributed by atoms with van der Waals surface area (Å²) in [5.74, 6) is 0.837. The molecule has 4 nitrogen and oxygen atoms in total. The highest BCUT2D eigenvalue weighted by Crippen LogP contribution is 2.17. The Balaban J connectivity index is 2.49. The molecule has 1 atom stereocenters. The first-order chi connectivity index (χ1) is 7.59. The molecule has 0 aliphatic carbocycles. The molecule has 0 spiro atoms. The summed E-state index contributed by atoms with van der Waals surface area (Å²) in [6, 6.07) is 3.97. The van der Waals surface area contributed by atoms with Gasteiger partial charge in [0.05, 0.1) is 6.20 Å². The molecule has 2 aromatic rings. The summed E-state index contributed by atoms with van der Waals surface area (Å²) < 4.78 is 1.83. The molecule has 4 heteroatoms. The Morgan fingerprint density at radius 1 is 1.38 bits per heavy atom. The fourth-order valence-corrected chi connectivity index (χ4v) is 1.74. The summed E-state index contributed by atoms with van der Waals surface area (Å²) in [5, 5.41) is 4.32. The minimum absolute atomic E-state index is 0.00133. The molecule has 1 unspecified atom stereocenters. The zero-order valence-electron chi connectivity index (χ0n) is 9.81. The number of nitrogens with two attached hydrogens (primary N) is 1. The summed E-state index contributed by atoms with van der Waals surface area (Å²) in [6.07, 6.45) is 3.60. The molecule has 0 aliphatic heterocycles. The second-order valence-corrected chi connectivity index (χ2v) is 4.08. The van der Waals surface area contributed by atoms with Gasteiger partial charge in [-0.1, -0.05) is 0 Å². The maximum absolute atomic E-state index is 5.86. The van der Waals surface area contributed by atoms with Crippen molar-refractivity contribution in [3.05, 3.63) is 41.3 Å². The Labute approximate surface area is 95.1 Å². The first-order valence-electron chi connectivity index (χ1n) is 5.32. The van der Waals surface area contributed by atoms with Crippen LogP contribution in [0.3, 0.4) is 0 Å². The van der Waals surface area contributed by atoms with Crippen molar-refractivity contribution >= 4 is 0 Å². The van der Waals surface area contributed by atoms with Gasteiger partial charge >= 0.3 is 0 Å². The van der Waals surface area contributed by atoms with Gasteiger partial charge in [0.25, 0.3) is 0 Å². The lowest BCUT2D eigenvalue weighted by Crippen LogP contribution is -2.07. The fraction of sp³-hybridized carbons (Fsp3) is 0.333. The molecule has 2 rings (SSSR count). The van der Waals surface area contributed by atoms with Crippen molar-refractivity contribution in [2.45, 2.75) is 26.8 Å². The molecule has 0 aromatic carbocycles. The van der Waals surface area contributed by atoms with E-state index in [1.54, 1.807) is 6.20 Å². The second-order valence-electron chi connectivity index (χ2n) is 4.08. The van der Waals surface area contributed by atoms with Crippen LogP contribution < -0.4 is 5.73 Å². The first kappa shape index (κ1) is 10.8. The monoisotopic (exact) mass is 216 g/mol. The lowest BCUT2D eigenvalue weighted by molar-refractivity contribution is 0.786. The molecule has 2 heterocycles. The third-order valence-corrected chi connectivity index (χ3v) is 2.66. The smallest absolute Gasteiger partial charge is 0.153 e. The Bertz CT molecular complexity index is 499. The van der Waals surface area contributed by atoms with Crippen molar-refractivity contribution < 1.29 is 0 Å². The average Bonchev–Trinajstić information content (AvgIpc) is 2.60. The van der Waals surface area contributed by atoms with E-state index in [-0.39, 0.29) is 6.04 Å². The van der Waals surface area contributed by atoms with Gasteiger partial charge in [0.2, 0.25) is 0 Å². The maximum atomic E-state index is 5.86. The van der Waals surface area contributed by atoms with E-state index in [4.69, 9.17) is 5.73 Å². The average molecular weight is 216 g/mol. The number of aryl methyl sites for hydroxylation is 1. The number of pyridine rings is 1. The maximum Gasteiger partial charge on any atom is 0.153 e. The molecule has 2 N–H and O–H groups in total. The lowest BCUT2D eigenvalue weighted by atomic mass is 10.1. The number of aromatic nitrogens is 3. The van der Waals surface area contributed by atoms with Crippen LogP contribution in [0.25, 0.3) is 5.82 Å². The highest BCUT2D eigenvalue weighted by atomic mass is 15.3. The molecule has 0 bridgehead atoms. The SMILES string of the molecule is Cc1ccnc(-n2ncc(C(C)N)c2C)c1. The predicted octanol–water partition coefficient (Wildman–Crippen LogP) is 1.90. The van der Waals surface area contributed by atoms with Gasteiger partial charge < -0.3 is 5.73 Å². The lowest BCUT2D eigenvalue weighted by Gasteiger charge is -2.06. The molecule has 2 aromatic heterocycles. The van der Waals surface area contributed by atoms with Crippen molar-refractivity contribution in [1.82, 2.24) is 14.8 Å². The van der Waals surface area contributed by atoms with Crippen LogP contribution in [0.5, 0.6) is 0 Å². The van der Waals surface area contributed by atoms with Gasteiger partial charge in [-0.2, -0.15) is 5.10 Å². The zero-order chi connectivity index (χ0) is 11.7. The summed E-state index contributed by atoms with van der Waals surface area (Å²) >= 11 is 0. The minimum atomic E-state index is -0.00133. The van der Waals surface area contributed by atoms with Crippen molar-refractivity contribution in [2.75, 3.05) is 0 Å². The van der Waals surface area contributed by atoms with Gasteiger partial charge in [-0.15, -0.1) is 0 Å². The van der Waals surface area contributed by atoms with E-state index in [1.807, 2.05) is 43.8 Å². The van der Waals surface area contributed by atoms with Crippen molar-refractivity contribution in [3.63, 3.8) is 0 Å². The zero-order valence-corrected chi connectivity index (χ0v) is 9.81. The molecule has 0 aliphatic rings. The van der Waals surface area contributed by atoms with Crippen LogP contribution in [-0.4, -0.2) is 14.8 Å². The van der Waals surface area contributed by atoms with Gasteiger partial charge in [0.15, 0.2) is 5.82 Å². The van der Waals surface area contributed by atoms with E-state index < -0.39 is 0 Å². The number of hydrogen-bond donors (Lipinski definition) is 1. The molecule has 0 saturated heterocycles. The molecular formula is C12H16N4. The van der Waals surface area contributed by atoms with Crippen LogP contribution in [0.4, 0.5) is 0 Å². The third kappa shape index (κ3) is 1.84. The Hall–Kier alpha value is -1.68. The van der Waals surface area contributed by atoms with Crippen molar-refractivity contribution in [2.24, 2.45) is 5.73 Å². The van der Waals surface area contributed by atoms with Crippen LogP contribution in [0.1, 0.15) is 29.8 Å². The topological polar surface area (TPSA) is 56.7 Å². The summed E-state index contributed by atoms with van der Waals surface area (Å²) in [5.41, 5.74) is 9.14. The third-order valence-electron chi connectivity index (χ3n) is 2.66. The van der Waals surface area contributed by atoms with E-state index in [2.05, 4.69) is 10.1 Å². The molecule has 0 amide bonds. The molecule has 0 fully saturated rings. The summed E-state index contributed by atoms with van der Waals surface area (Å²) in [4.78, 5) is 4.30. The first-order valence-corrected chi connectivity index (χ1v) is 5.32. The summed E-state index contributed by atoms with van der Waals surface area (Å²) in [7, 11) is 0. The predicted molar refractivity (Wildman–Crippen MR) is 63.4 cm³/mol. The molecular weight excluding hydrogens is 200 g/mol. The van der Waals surface area contributed by atoms with Crippen molar-refractivity contribution in [1.29, 1.82) is 0 Å². The standard InChI is InChI=1S/C12H16N4/c1-8-4-5-14-12(6-8)16-10(3)11(7-15-16)9(2)13/h4-7,9H,13H2,1-3H3. The highest BCUT2D eigenvalue weighted by Gasteiger charge is 2.11. The van der Waals surface area contributed by atoms with Gasteiger partial charge in [-0.05, 0) is 38.5 Å².